The van der Waals surface area contributed by atoms with Crippen LogP contribution in [0.2, 0.25) is 0 Å². The fraction of sp³-hybridized carbons (Fsp3) is 1.00. The smallest absolute Gasteiger partial charge is 0.0204 e. The van der Waals surface area contributed by atoms with Gasteiger partial charge in [0.15, 0.2) is 0 Å². The molecule has 9 heavy (non-hydrogen) atoms. The van der Waals surface area contributed by atoms with Crippen LogP contribution in [0.5, 0.6) is 0 Å². The van der Waals surface area contributed by atoms with Crippen molar-refractivity contribution in [1.82, 2.24) is 4.90 Å². The first kappa shape index (κ1) is 7.07. The summed E-state index contributed by atoms with van der Waals surface area (Å²) in [7, 11) is 4.39. The molecule has 1 fully saturated rings. The molecular weight excluding hydrogens is 110 g/mol. The molecule has 0 saturated heterocycles. The van der Waals surface area contributed by atoms with E-state index in [1.54, 1.807) is 0 Å². The van der Waals surface area contributed by atoms with Gasteiger partial charge in [0.25, 0.3) is 0 Å². The summed E-state index contributed by atoms with van der Waals surface area (Å²) in [5.41, 5.74) is 0.634. The normalized spacial score (nSPS) is 22.7. The van der Waals surface area contributed by atoms with Gasteiger partial charge in [0, 0.05) is 5.54 Å². The predicted molar refractivity (Wildman–Crippen MR) is 40.6 cm³/mol. The van der Waals surface area contributed by atoms with Crippen LogP contribution in [0.4, 0.5) is 0 Å². The average Bonchev–Trinajstić information content (AvgIpc) is 2.49. The highest BCUT2D eigenvalue weighted by atomic mass is 15.2. The first-order valence-corrected chi connectivity index (χ1v) is 3.89. The van der Waals surface area contributed by atoms with E-state index in [4.69, 9.17) is 0 Å². The van der Waals surface area contributed by atoms with Gasteiger partial charge in [0.05, 0.1) is 0 Å². The van der Waals surface area contributed by atoms with Gasteiger partial charge in [-0.25, -0.2) is 0 Å². The van der Waals surface area contributed by atoms with E-state index < -0.39 is 0 Å². The molecule has 0 aromatic carbocycles. The Balaban J connectivity index is 2.33. The molecule has 0 unspecified atom stereocenters. The molecule has 0 aromatic rings. The Kier molecular flexibility index (Phi) is 1.80. The van der Waals surface area contributed by atoms with Crippen LogP contribution >= 0.6 is 0 Å². The van der Waals surface area contributed by atoms with Crippen LogP contribution in [0.25, 0.3) is 0 Å². The number of hydrogen-bond acceptors (Lipinski definition) is 1. The van der Waals surface area contributed by atoms with Crippen molar-refractivity contribution in [2.45, 2.75) is 38.1 Å². The molecule has 0 amide bonds. The zero-order valence-electron chi connectivity index (χ0n) is 6.78. The lowest BCUT2D eigenvalue weighted by Gasteiger charge is -2.22. The molecule has 0 atom stereocenters. The Morgan fingerprint density at radius 1 is 1.33 bits per heavy atom. The van der Waals surface area contributed by atoms with Crippen molar-refractivity contribution in [3.63, 3.8) is 0 Å². The zero-order valence-corrected chi connectivity index (χ0v) is 6.78. The van der Waals surface area contributed by atoms with Crippen molar-refractivity contribution >= 4 is 0 Å². The van der Waals surface area contributed by atoms with Crippen LogP contribution in [0.1, 0.15) is 32.6 Å². The second-order valence-corrected chi connectivity index (χ2v) is 3.37. The van der Waals surface area contributed by atoms with E-state index in [-0.39, 0.29) is 0 Å². The minimum atomic E-state index is 0.634. The first-order chi connectivity index (χ1) is 4.21. The highest BCUT2D eigenvalue weighted by molar-refractivity contribution is 5.00. The third-order valence-corrected chi connectivity index (χ3v) is 2.49. The van der Waals surface area contributed by atoms with Gasteiger partial charge in [0.1, 0.15) is 0 Å². The van der Waals surface area contributed by atoms with Crippen LogP contribution in [-0.4, -0.2) is 24.5 Å². The molecule has 1 nitrogen and oxygen atoms in total. The van der Waals surface area contributed by atoms with E-state index in [1.165, 1.54) is 25.7 Å². The fourth-order valence-electron chi connectivity index (χ4n) is 1.53. The summed E-state index contributed by atoms with van der Waals surface area (Å²) < 4.78 is 0. The molecule has 0 N–H and O–H groups in total. The molecule has 54 valence electrons. The maximum absolute atomic E-state index is 2.39. The lowest BCUT2D eigenvalue weighted by molar-refractivity contribution is 0.254. The minimum absolute atomic E-state index is 0.634. The Morgan fingerprint density at radius 2 is 1.89 bits per heavy atom. The van der Waals surface area contributed by atoms with Crippen molar-refractivity contribution in [1.29, 1.82) is 0 Å². The van der Waals surface area contributed by atoms with E-state index in [1.807, 2.05) is 0 Å². The molecule has 1 rings (SSSR count). The minimum Gasteiger partial charge on any atom is -0.304 e. The van der Waals surface area contributed by atoms with Crippen LogP contribution in [0.15, 0.2) is 0 Å². The standard InChI is InChI=1S/C8H17N/c1-4-5-8(6-7-8)9(2)3/h4-7H2,1-3H3. The lowest BCUT2D eigenvalue weighted by atomic mass is 10.1. The van der Waals surface area contributed by atoms with Crippen molar-refractivity contribution in [3.8, 4) is 0 Å². The number of hydrogen-bond donors (Lipinski definition) is 0. The van der Waals surface area contributed by atoms with Crippen molar-refractivity contribution in [3.05, 3.63) is 0 Å². The monoisotopic (exact) mass is 127 g/mol. The second kappa shape index (κ2) is 2.30. The summed E-state index contributed by atoms with van der Waals surface area (Å²) in [4.78, 5) is 2.39. The molecule has 0 radical (unpaired) electrons. The summed E-state index contributed by atoms with van der Waals surface area (Å²) in [5, 5.41) is 0. The average molecular weight is 127 g/mol. The third-order valence-electron chi connectivity index (χ3n) is 2.49. The van der Waals surface area contributed by atoms with E-state index in [0.29, 0.717) is 5.54 Å². The highest BCUT2D eigenvalue weighted by Crippen LogP contribution is 2.43. The summed E-state index contributed by atoms with van der Waals surface area (Å²) in [6, 6.07) is 0. The van der Waals surface area contributed by atoms with Gasteiger partial charge in [0.2, 0.25) is 0 Å². The molecule has 0 aliphatic heterocycles. The van der Waals surface area contributed by atoms with Gasteiger partial charge in [-0.05, 0) is 33.4 Å². The number of nitrogens with zero attached hydrogens (tertiary/aromatic N) is 1. The molecule has 0 aromatic heterocycles. The van der Waals surface area contributed by atoms with E-state index in [2.05, 4.69) is 25.9 Å². The van der Waals surface area contributed by atoms with Crippen LogP contribution in [0.3, 0.4) is 0 Å². The van der Waals surface area contributed by atoms with Crippen molar-refractivity contribution < 1.29 is 0 Å². The molecule has 0 heterocycles. The fourth-order valence-corrected chi connectivity index (χ4v) is 1.53. The summed E-state index contributed by atoms with van der Waals surface area (Å²) in [6.07, 6.45) is 5.57. The molecule has 0 bridgehead atoms. The first-order valence-electron chi connectivity index (χ1n) is 3.89. The van der Waals surface area contributed by atoms with Crippen LogP contribution in [0, 0.1) is 0 Å². The molecule has 0 spiro atoms. The Hall–Kier alpha value is -0.0400. The Morgan fingerprint density at radius 3 is 2.00 bits per heavy atom. The Bertz CT molecular complexity index is 92.7. The third kappa shape index (κ3) is 1.26. The highest BCUT2D eigenvalue weighted by Gasteiger charge is 2.43. The number of rotatable bonds is 3. The summed E-state index contributed by atoms with van der Waals surface area (Å²) in [6.45, 7) is 2.27. The lowest BCUT2D eigenvalue weighted by Crippen LogP contribution is -2.29. The summed E-state index contributed by atoms with van der Waals surface area (Å²) >= 11 is 0. The SMILES string of the molecule is CCCC1(N(C)C)CC1. The summed E-state index contributed by atoms with van der Waals surface area (Å²) in [5.74, 6) is 0. The van der Waals surface area contributed by atoms with Gasteiger partial charge in [-0.3, -0.25) is 0 Å². The van der Waals surface area contributed by atoms with E-state index in [0.717, 1.165) is 0 Å². The van der Waals surface area contributed by atoms with Gasteiger partial charge in [-0.1, -0.05) is 13.3 Å². The maximum atomic E-state index is 2.39. The Labute approximate surface area is 58.0 Å². The zero-order chi connectivity index (χ0) is 6.91. The van der Waals surface area contributed by atoms with Gasteiger partial charge in [-0.2, -0.15) is 0 Å². The van der Waals surface area contributed by atoms with Crippen LogP contribution < -0.4 is 0 Å². The largest absolute Gasteiger partial charge is 0.304 e. The molecule has 1 saturated carbocycles. The van der Waals surface area contributed by atoms with E-state index >= 15 is 0 Å². The van der Waals surface area contributed by atoms with Crippen molar-refractivity contribution in [2.24, 2.45) is 0 Å². The quantitative estimate of drug-likeness (QED) is 0.559. The van der Waals surface area contributed by atoms with Crippen LogP contribution in [-0.2, 0) is 0 Å². The second-order valence-electron chi connectivity index (χ2n) is 3.37. The van der Waals surface area contributed by atoms with Crippen molar-refractivity contribution in [2.75, 3.05) is 14.1 Å². The van der Waals surface area contributed by atoms with Gasteiger partial charge >= 0.3 is 0 Å². The van der Waals surface area contributed by atoms with Gasteiger partial charge in [-0.15, -0.1) is 0 Å². The van der Waals surface area contributed by atoms with E-state index in [9.17, 15) is 0 Å². The maximum Gasteiger partial charge on any atom is 0.0204 e. The molecule has 1 aliphatic carbocycles. The predicted octanol–water partition coefficient (Wildman–Crippen LogP) is 1.88. The van der Waals surface area contributed by atoms with Gasteiger partial charge < -0.3 is 4.90 Å². The topological polar surface area (TPSA) is 3.24 Å². The molecule has 1 heteroatoms. The molecule has 1 aliphatic rings. The molecular formula is C8H17N.